The molecule has 7 nitrogen and oxygen atoms in total. The number of aromatic carboxylic acids is 2. The number of carboxylic acid groups (broad SMARTS) is 2. The molecule has 0 aliphatic heterocycles. The number of carbonyl (C=O) groups excluding carboxylic acids is 1. The van der Waals surface area contributed by atoms with Crippen LogP contribution in [0.4, 0.5) is 0 Å². The highest BCUT2D eigenvalue weighted by Crippen LogP contribution is 2.18. The van der Waals surface area contributed by atoms with Crippen molar-refractivity contribution < 1.29 is 24.6 Å². The Morgan fingerprint density at radius 1 is 1.00 bits per heavy atom. The second-order valence-electron chi connectivity index (χ2n) is 5.37. The highest BCUT2D eigenvalue weighted by molar-refractivity contribution is 5.94. The molecule has 0 saturated heterocycles. The minimum Gasteiger partial charge on any atom is -0.478 e. The molecule has 2 aromatic carbocycles. The molecule has 0 fully saturated rings. The van der Waals surface area contributed by atoms with Crippen LogP contribution in [0.25, 0.3) is 11.3 Å². The predicted octanol–water partition coefficient (Wildman–Crippen LogP) is 3.28. The molecule has 0 aliphatic rings. The zero-order valence-corrected chi connectivity index (χ0v) is 13.8. The number of hydrogen-bond acceptors (Lipinski definition) is 4. The van der Waals surface area contributed by atoms with E-state index in [0.29, 0.717) is 16.8 Å². The van der Waals surface area contributed by atoms with E-state index >= 15 is 0 Å². The molecule has 0 bridgehead atoms. The van der Waals surface area contributed by atoms with Crippen LogP contribution in [0.3, 0.4) is 0 Å². The fourth-order valence-corrected chi connectivity index (χ4v) is 2.25. The third-order valence-corrected chi connectivity index (χ3v) is 3.42. The predicted molar refractivity (Wildman–Crippen MR) is 94.5 cm³/mol. The largest absolute Gasteiger partial charge is 0.478 e. The van der Waals surface area contributed by atoms with Gasteiger partial charge in [0.15, 0.2) is 6.29 Å². The van der Waals surface area contributed by atoms with Crippen molar-refractivity contribution in [2.24, 2.45) is 0 Å². The Labute approximate surface area is 148 Å². The van der Waals surface area contributed by atoms with Crippen molar-refractivity contribution >= 4 is 18.2 Å². The Morgan fingerprint density at radius 2 is 1.58 bits per heavy atom. The van der Waals surface area contributed by atoms with Gasteiger partial charge < -0.3 is 10.2 Å². The van der Waals surface area contributed by atoms with Crippen LogP contribution in [-0.4, -0.2) is 38.6 Å². The van der Waals surface area contributed by atoms with Crippen LogP contribution in [0.15, 0.2) is 54.7 Å². The maximum Gasteiger partial charge on any atom is 0.335 e. The number of benzene rings is 2. The lowest BCUT2D eigenvalue weighted by molar-refractivity contribution is 0.0696. The highest BCUT2D eigenvalue weighted by Gasteiger charge is 2.09. The van der Waals surface area contributed by atoms with Crippen molar-refractivity contribution in [3.63, 3.8) is 0 Å². The van der Waals surface area contributed by atoms with E-state index in [2.05, 4.69) is 10.2 Å². The molecule has 26 heavy (non-hydrogen) atoms. The molecule has 1 aromatic heterocycles. The maximum absolute atomic E-state index is 10.6. The van der Waals surface area contributed by atoms with E-state index in [0.717, 1.165) is 17.9 Å². The lowest BCUT2D eigenvalue weighted by Crippen LogP contribution is -2.02. The number of rotatable bonds is 4. The fourth-order valence-electron chi connectivity index (χ4n) is 2.25. The zero-order chi connectivity index (χ0) is 19.1. The molecular formula is C19H16N2O5. The molecule has 0 atom stereocenters. The lowest BCUT2D eigenvalue weighted by Gasteiger charge is -1.99. The van der Waals surface area contributed by atoms with Crippen molar-refractivity contribution in [1.82, 2.24) is 10.2 Å². The van der Waals surface area contributed by atoms with E-state index in [4.69, 9.17) is 10.2 Å². The Morgan fingerprint density at radius 3 is 2.08 bits per heavy atom. The van der Waals surface area contributed by atoms with Gasteiger partial charge in [-0.2, -0.15) is 5.10 Å². The normalized spacial score (nSPS) is 9.73. The first-order chi connectivity index (χ1) is 12.4. The SMILES string of the molecule is Cc1cc(C(=O)O)cc(C(=O)O)c1.O=Cc1c[nH]nc1-c1ccccc1. The van der Waals surface area contributed by atoms with Crippen molar-refractivity contribution in [3.05, 3.63) is 77.0 Å². The van der Waals surface area contributed by atoms with E-state index in [1.54, 1.807) is 13.1 Å². The van der Waals surface area contributed by atoms with Gasteiger partial charge in [-0.05, 0) is 30.7 Å². The first-order valence-electron chi connectivity index (χ1n) is 7.55. The van der Waals surface area contributed by atoms with Gasteiger partial charge >= 0.3 is 11.9 Å². The molecule has 3 N–H and O–H groups in total. The summed E-state index contributed by atoms with van der Waals surface area (Å²) in [6, 6.07) is 13.6. The summed E-state index contributed by atoms with van der Waals surface area (Å²) in [5, 5.41) is 23.9. The van der Waals surface area contributed by atoms with Gasteiger partial charge in [-0.15, -0.1) is 0 Å². The summed E-state index contributed by atoms with van der Waals surface area (Å²) < 4.78 is 0. The van der Waals surface area contributed by atoms with Crippen LogP contribution in [0, 0.1) is 6.92 Å². The first kappa shape index (κ1) is 18.6. The number of aryl methyl sites for hydroxylation is 1. The average Bonchev–Trinajstić information content (AvgIpc) is 3.11. The van der Waals surface area contributed by atoms with Gasteiger partial charge in [-0.25, -0.2) is 9.59 Å². The number of aromatic amines is 1. The third-order valence-electron chi connectivity index (χ3n) is 3.42. The molecule has 0 amide bonds. The summed E-state index contributed by atoms with van der Waals surface area (Å²) >= 11 is 0. The Hall–Kier alpha value is -3.74. The summed E-state index contributed by atoms with van der Waals surface area (Å²) in [6.07, 6.45) is 2.39. The number of nitrogens with one attached hydrogen (secondary N) is 1. The first-order valence-corrected chi connectivity index (χ1v) is 7.55. The molecule has 0 radical (unpaired) electrons. The lowest BCUT2D eigenvalue weighted by atomic mass is 10.1. The Kier molecular flexibility index (Phi) is 6.00. The third kappa shape index (κ3) is 4.64. The number of hydrogen-bond donors (Lipinski definition) is 3. The number of nitrogens with zero attached hydrogens (tertiary/aromatic N) is 1. The van der Waals surface area contributed by atoms with Crippen molar-refractivity contribution in [2.45, 2.75) is 6.92 Å². The molecular weight excluding hydrogens is 336 g/mol. The number of H-pyrrole nitrogens is 1. The zero-order valence-electron chi connectivity index (χ0n) is 13.8. The monoisotopic (exact) mass is 352 g/mol. The molecule has 0 saturated carbocycles. The minimum absolute atomic E-state index is 0.00241. The van der Waals surface area contributed by atoms with E-state index < -0.39 is 11.9 Å². The molecule has 3 rings (SSSR count). The van der Waals surface area contributed by atoms with Crippen LogP contribution in [0.2, 0.25) is 0 Å². The van der Waals surface area contributed by atoms with Gasteiger partial charge in [0.25, 0.3) is 0 Å². The Bertz CT molecular complexity index is 900. The van der Waals surface area contributed by atoms with Crippen LogP contribution in [0.1, 0.15) is 36.6 Å². The topological polar surface area (TPSA) is 120 Å². The number of carboxylic acids is 2. The van der Waals surface area contributed by atoms with Gasteiger partial charge in [0.05, 0.1) is 16.7 Å². The smallest absolute Gasteiger partial charge is 0.335 e. The van der Waals surface area contributed by atoms with Gasteiger partial charge in [-0.1, -0.05) is 30.3 Å². The summed E-state index contributed by atoms with van der Waals surface area (Å²) in [4.78, 5) is 31.7. The van der Waals surface area contributed by atoms with Gasteiger partial charge in [0.2, 0.25) is 0 Å². The van der Waals surface area contributed by atoms with Crippen molar-refractivity contribution in [1.29, 1.82) is 0 Å². The molecule has 1 heterocycles. The quantitative estimate of drug-likeness (QED) is 0.620. The molecule has 0 unspecified atom stereocenters. The van der Waals surface area contributed by atoms with Crippen LogP contribution in [-0.2, 0) is 0 Å². The molecule has 0 spiro atoms. The molecule has 3 aromatic rings. The standard InChI is InChI=1S/C10H8N2O.C9H8O4/c13-7-9-6-11-12-10(9)8-4-2-1-3-5-8;1-5-2-6(8(10)11)4-7(3-5)9(12)13/h1-7H,(H,11,12);2-4H,1H3,(H,10,11)(H,12,13). The molecule has 132 valence electrons. The minimum atomic E-state index is -1.12. The van der Waals surface area contributed by atoms with Crippen LogP contribution in [0.5, 0.6) is 0 Å². The fraction of sp³-hybridized carbons (Fsp3) is 0.0526. The number of aldehydes is 1. The van der Waals surface area contributed by atoms with Gasteiger partial charge in [-0.3, -0.25) is 9.89 Å². The van der Waals surface area contributed by atoms with Crippen molar-refractivity contribution in [3.8, 4) is 11.3 Å². The summed E-state index contributed by atoms with van der Waals surface area (Å²) in [6.45, 7) is 1.65. The highest BCUT2D eigenvalue weighted by atomic mass is 16.4. The average molecular weight is 352 g/mol. The Balaban J connectivity index is 0.000000187. The second kappa shape index (κ2) is 8.39. The van der Waals surface area contributed by atoms with E-state index in [1.165, 1.54) is 12.1 Å². The summed E-state index contributed by atoms with van der Waals surface area (Å²) in [5.41, 5.74) is 2.86. The van der Waals surface area contributed by atoms with E-state index in [9.17, 15) is 14.4 Å². The maximum atomic E-state index is 10.6. The molecule has 7 heteroatoms. The van der Waals surface area contributed by atoms with Crippen LogP contribution >= 0.6 is 0 Å². The van der Waals surface area contributed by atoms with E-state index in [-0.39, 0.29) is 11.1 Å². The van der Waals surface area contributed by atoms with Gasteiger partial charge in [0, 0.05) is 11.8 Å². The van der Waals surface area contributed by atoms with Gasteiger partial charge in [0.1, 0.15) is 5.69 Å². The summed E-state index contributed by atoms with van der Waals surface area (Å²) in [7, 11) is 0. The second-order valence-corrected chi connectivity index (χ2v) is 5.37. The van der Waals surface area contributed by atoms with Crippen molar-refractivity contribution in [2.75, 3.05) is 0 Å². The van der Waals surface area contributed by atoms with E-state index in [1.807, 2.05) is 30.3 Å². The summed E-state index contributed by atoms with van der Waals surface area (Å²) in [5.74, 6) is -2.24. The van der Waals surface area contributed by atoms with Crippen LogP contribution < -0.4 is 0 Å². The number of carbonyl (C=O) groups is 3. The number of aromatic nitrogens is 2. The molecule has 0 aliphatic carbocycles.